The first-order valence-electron chi connectivity index (χ1n) is 5.29. The van der Waals surface area contributed by atoms with Crippen LogP contribution in [0.2, 0.25) is 0 Å². The minimum atomic E-state index is -1.02. The van der Waals surface area contributed by atoms with Gasteiger partial charge in [-0.3, -0.25) is 9.59 Å². The van der Waals surface area contributed by atoms with Gasteiger partial charge < -0.3 is 10.0 Å². The van der Waals surface area contributed by atoms with Crippen LogP contribution >= 0.6 is 0 Å². The number of aliphatic carboxylic acids is 1. The van der Waals surface area contributed by atoms with Gasteiger partial charge in [-0.25, -0.2) is 0 Å². The Hall–Kier alpha value is -1.84. The van der Waals surface area contributed by atoms with E-state index in [9.17, 15) is 9.59 Å². The summed E-state index contributed by atoms with van der Waals surface area (Å²) in [6, 6.07) is 9.19. The zero-order valence-corrected chi connectivity index (χ0v) is 8.80. The lowest BCUT2D eigenvalue weighted by atomic mass is 9.97. The molecule has 1 fully saturated rings. The summed E-state index contributed by atoms with van der Waals surface area (Å²) in [5.41, 5.74) is 0.776. The Kier molecular flexibility index (Phi) is 2.90. The lowest BCUT2D eigenvalue weighted by Gasteiger charge is -2.30. The van der Waals surface area contributed by atoms with Crippen molar-refractivity contribution >= 4 is 17.6 Å². The standard InChI is InChI=1S/C12H13NO3/c14-11-10(12(15)16)7-4-8-13(11)9-5-2-1-3-6-9/h1-3,5-6,10H,4,7-8H2,(H,15,16)/t10-/m0/s1. The lowest BCUT2D eigenvalue weighted by molar-refractivity contribution is -0.147. The SMILES string of the molecule is O=C(O)[C@H]1CCCN(c2ccccc2)C1=O. The summed E-state index contributed by atoms with van der Waals surface area (Å²) in [7, 11) is 0. The molecular formula is C12H13NO3. The lowest BCUT2D eigenvalue weighted by Crippen LogP contribution is -2.44. The maximum Gasteiger partial charge on any atom is 0.316 e. The van der Waals surface area contributed by atoms with Gasteiger partial charge in [0, 0.05) is 12.2 Å². The molecule has 1 saturated heterocycles. The summed E-state index contributed by atoms with van der Waals surface area (Å²) in [5.74, 6) is -2.20. The van der Waals surface area contributed by atoms with Gasteiger partial charge in [0.1, 0.15) is 5.92 Å². The molecule has 4 nitrogen and oxygen atoms in total. The fraction of sp³-hybridized carbons (Fsp3) is 0.333. The number of hydrogen-bond donors (Lipinski definition) is 1. The molecule has 1 aromatic rings. The Morgan fingerprint density at radius 1 is 1.31 bits per heavy atom. The van der Waals surface area contributed by atoms with Crippen LogP contribution in [0, 0.1) is 5.92 Å². The van der Waals surface area contributed by atoms with Crippen molar-refractivity contribution in [2.75, 3.05) is 11.4 Å². The fourth-order valence-electron chi connectivity index (χ4n) is 1.97. The number of para-hydroxylation sites is 1. The number of carboxylic acid groups (broad SMARTS) is 1. The van der Waals surface area contributed by atoms with Crippen LogP contribution in [0.4, 0.5) is 5.69 Å². The molecule has 1 aliphatic heterocycles. The van der Waals surface area contributed by atoms with Gasteiger partial charge in [-0.05, 0) is 25.0 Å². The molecule has 1 heterocycles. The van der Waals surface area contributed by atoms with E-state index in [1.54, 1.807) is 4.90 Å². The summed E-state index contributed by atoms with van der Waals surface area (Å²) < 4.78 is 0. The highest BCUT2D eigenvalue weighted by molar-refractivity contribution is 6.06. The second kappa shape index (κ2) is 4.35. The number of carbonyl (C=O) groups is 2. The highest BCUT2D eigenvalue weighted by atomic mass is 16.4. The van der Waals surface area contributed by atoms with Gasteiger partial charge >= 0.3 is 5.97 Å². The van der Waals surface area contributed by atoms with Gasteiger partial charge in [-0.15, -0.1) is 0 Å². The van der Waals surface area contributed by atoms with Crippen molar-refractivity contribution in [2.24, 2.45) is 5.92 Å². The first-order valence-corrected chi connectivity index (χ1v) is 5.29. The van der Waals surface area contributed by atoms with Crippen LogP contribution in [0.3, 0.4) is 0 Å². The molecule has 0 unspecified atom stereocenters. The molecule has 0 bridgehead atoms. The van der Waals surface area contributed by atoms with Gasteiger partial charge in [0.25, 0.3) is 0 Å². The maximum absolute atomic E-state index is 11.9. The van der Waals surface area contributed by atoms with Crippen molar-refractivity contribution in [1.82, 2.24) is 0 Å². The topological polar surface area (TPSA) is 57.6 Å². The Morgan fingerprint density at radius 3 is 2.62 bits per heavy atom. The zero-order chi connectivity index (χ0) is 11.5. The average Bonchev–Trinajstić information content (AvgIpc) is 2.30. The Labute approximate surface area is 93.5 Å². The predicted octanol–water partition coefficient (Wildman–Crippen LogP) is 1.51. The number of nitrogens with zero attached hydrogens (tertiary/aromatic N) is 1. The van der Waals surface area contributed by atoms with E-state index < -0.39 is 11.9 Å². The summed E-state index contributed by atoms with van der Waals surface area (Å²) >= 11 is 0. The van der Waals surface area contributed by atoms with E-state index in [1.807, 2.05) is 30.3 Å². The summed E-state index contributed by atoms with van der Waals surface area (Å²) in [5, 5.41) is 8.93. The molecule has 4 heteroatoms. The van der Waals surface area contributed by atoms with Crippen molar-refractivity contribution < 1.29 is 14.7 Å². The average molecular weight is 219 g/mol. The monoisotopic (exact) mass is 219 g/mol. The van der Waals surface area contributed by atoms with Gasteiger partial charge in [0.15, 0.2) is 0 Å². The maximum atomic E-state index is 11.9. The van der Waals surface area contributed by atoms with E-state index in [2.05, 4.69) is 0 Å². The van der Waals surface area contributed by atoms with Crippen LogP contribution in [0.25, 0.3) is 0 Å². The number of piperidine rings is 1. The third-order valence-corrected chi connectivity index (χ3v) is 2.80. The quantitative estimate of drug-likeness (QED) is 0.767. The smallest absolute Gasteiger partial charge is 0.316 e. The van der Waals surface area contributed by atoms with Crippen LogP contribution < -0.4 is 4.90 Å². The predicted molar refractivity (Wildman–Crippen MR) is 59.2 cm³/mol. The second-order valence-electron chi connectivity index (χ2n) is 3.86. The van der Waals surface area contributed by atoms with E-state index in [-0.39, 0.29) is 5.91 Å². The Bertz CT molecular complexity index is 402. The van der Waals surface area contributed by atoms with Crippen LogP contribution in [0.1, 0.15) is 12.8 Å². The van der Waals surface area contributed by atoms with Crippen LogP contribution in [-0.2, 0) is 9.59 Å². The molecule has 0 aliphatic carbocycles. The Morgan fingerprint density at radius 2 is 2.00 bits per heavy atom. The molecule has 1 amide bonds. The molecule has 0 radical (unpaired) electrons. The summed E-state index contributed by atoms with van der Waals surface area (Å²) in [4.78, 5) is 24.4. The second-order valence-corrected chi connectivity index (χ2v) is 3.86. The van der Waals surface area contributed by atoms with Crippen LogP contribution in [0.15, 0.2) is 30.3 Å². The number of benzene rings is 1. The van der Waals surface area contributed by atoms with Gasteiger partial charge in [0.05, 0.1) is 0 Å². The number of anilines is 1. The molecule has 16 heavy (non-hydrogen) atoms. The highest BCUT2D eigenvalue weighted by Gasteiger charge is 2.34. The minimum absolute atomic E-state index is 0.301. The molecule has 1 atom stereocenters. The van der Waals surface area contributed by atoms with Gasteiger partial charge in [-0.2, -0.15) is 0 Å². The molecule has 1 aliphatic rings. The molecule has 1 aromatic carbocycles. The molecule has 2 rings (SSSR count). The molecule has 0 spiro atoms. The zero-order valence-electron chi connectivity index (χ0n) is 8.80. The third kappa shape index (κ3) is 1.91. The largest absolute Gasteiger partial charge is 0.481 e. The fourth-order valence-corrected chi connectivity index (χ4v) is 1.97. The summed E-state index contributed by atoms with van der Waals surface area (Å²) in [6.45, 7) is 0.604. The summed E-state index contributed by atoms with van der Waals surface area (Å²) in [6.07, 6.45) is 1.18. The van der Waals surface area contributed by atoms with E-state index in [0.717, 1.165) is 12.1 Å². The van der Waals surface area contributed by atoms with Crippen molar-refractivity contribution in [1.29, 1.82) is 0 Å². The number of carboxylic acids is 1. The van der Waals surface area contributed by atoms with E-state index >= 15 is 0 Å². The van der Waals surface area contributed by atoms with Crippen molar-refractivity contribution in [3.05, 3.63) is 30.3 Å². The van der Waals surface area contributed by atoms with Crippen LogP contribution in [0.5, 0.6) is 0 Å². The highest BCUT2D eigenvalue weighted by Crippen LogP contribution is 2.24. The van der Waals surface area contributed by atoms with E-state index in [0.29, 0.717) is 13.0 Å². The minimum Gasteiger partial charge on any atom is -0.481 e. The first kappa shape index (κ1) is 10.7. The molecule has 0 aromatic heterocycles. The normalized spacial score (nSPS) is 20.9. The van der Waals surface area contributed by atoms with Crippen molar-refractivity contribution in [3.8, 4) is 0 Å². The number of hydrogen-bond acceptors (Lipinski definition) is 2. The number of carbonyl (C=O) groups excluding carboxylic acids is 1. The van der Waals surface area contributed by atoms with Gasteiger partial charge in [0.2, 0.25) is 5.91 Å². The van der Waals surface area contributed by atoms with Crippen molar-refractivity contribution in [3.63, 3.8) is 0 Å². The molecule has 0 saturated carbocycles. The number of amides is 1. The van der Waals surface area contributed by atoms with E-state index in [4.69, 9.17) is 5.11 Å². The van der Waals surface area contributed by atoms with Crippen molar-refractivity contribution in [2.45, 2.75) is 12.8 Å². The van der Waals surface area contributed by atoms with E-state index in [1.165, 1.54) is 0 Å². The van der Waals surface area contributed by atoms with Gasteiger partial charge in [-0.1, -0.05) is 18.2 Å². The Balaban J connectivity index is 2.23. The number of rotatable bonds is 2. The molecular weight excluding hydrogens is 206 g/mol. The molecule has 1 N–H and O–H groups in total. The van der Waals surface area contributed by atoms with Crippen LogP contribution in [-0.4, -0.2) is 23.5 Å². The first-order chi connectivity index (χ1) is 7.70. The molecule has 84 valence electrons. The third-order valence-electron chi connectivity index (χ3n) is 2.80.